The second-order valence-corrected chi connectivity index (χ2v) is 6.54. The summed E-state index contributed by atoms with van der Waals surface area (Å²) in [5.74, 6) is 0.762. The average Bonchev–Trinajstić information content (AvgIpc) is 2.97. The van der Waals surface area contributed by atoms with Crippen molar-refractivity contribution in [2.45, 2.75) is 25.8 Å². The molecule has 1 fully saturated rings. The van der Waals surface area contributed by atoms with E-state index in [4.69, 9.17) is 10.7 Å². The van der Waals surface area contributed by atoms with Crippen molar-refractivity contribution < 1.29 is 0 Å². The van der Waals surface area contributed by atoms with E-state index in [1.807, 2.05) is 24.4 Å². The van der Waals surface area contributed by atoms with Gasteiger partial charge < -0.3 is 5.73 Å². The third-order valence-corrected chi connectivity index (χ3v) is 4.91. The maximum atomic E-state index is 5.69. The Kier molecular flexibility index (Phi) is 4.95. The van der Waals surface area contributed by atoms with Gasteiger partial charge in [0.1, 0.15) is 5.01 Å². The molecule has 21 heavy (non-hydrogen) atoms. The van der Waals surface area contributed by atoms with Crippen molar-refractivity contribution in [2.75, 3.05) is 19.6 Å². The van der Waals surface area contributed by atoms with Crippen LogP contribution in [0.4, 0.5) is 0 Å². The van der Waals surface area contributed by atoms with Gasteiger partial charge in [0.25, 0.3) is 0 Å². The summed E-state index contributed by atoms with van der Waals surface area (Å²) < 4.78 is 0. The van der Waals surface area contributed by atoms with Crippen molar-refractivity contribution in [3.05, 3.63) is 35.5 Å². The predicted octanol–water partition coefficient (Wildman–Crippen LogP) is 2.77. The highest BCUT2D eigenvalue weighted by Crippen LogP contribution is 2.24. The van der Waals surface area contributed by atoms with Crippen LogP contribution < -0.4 is 5.73 Å². The largest absolute Gasteiger partial charge is 0.330 e. The van der Waals surface area contributed by atoms with Gasteiger partial charge in [0.15, 0.2) is 0 Å². The Balaban J connectivity index is 1.62. The summed E-state index contributed by atoms with van der Waals surface area (Å²) in [6.07, 6.45) is 5.57. The standard InChI is InChI=1S/C16H22N4S/c17-7-6-13-4-3-9-20(10-13)11-14-12-21-16(19-14)15-5-1-2-8-18-15/h1-2,5,8,12-13H,3-4,6-7,9-11,17H2. The zero-order chi connectivity index (χ0) is 14.5. The molecule has 0 spiro atoms. The molecular weight excluding hydrogens is 280 g/mol. The van der Waals surface area contributed by atoms with Crippen molar-refractivity contribution in [1.82, 2.24) is 14.9 Å². The SMILES string of the molecule is NCCC1CCCN(Cc2csc(-c3ccccn3)n2)C1. The maximum absolute atomic E-state index is 5.69. The fourth-order valence-electron chi connectivity index (χ4n) is 2.98. The van der Waals surface area contributed by atoms with Crippen molar-refractivity contribution in [1.29, 1.82) is 0 Å². The van der Waals surface area contributed by atoms with E-state index in [9.17, 15) is 0 Å². The zero-order valence-corrected chi connectivity index (χ0v) is 13.1. The molecule has 0 amide bonds. The van der Waals surface area contributed by atoms with Gasteiger partial charge in [-0.15, -0.1) is 11.3 Å². The lowest BCUT2D eigenvalue weighted by Gasteiger charge is -2.32. The normalized spacial score (nSPS) is 19.8. The number of piperidine rings is 1. The van der Waals surface area contributed by atoms with Crippen LogP contribution in [-0.2, 0) is 6.54 Å². The molecule has 0 saturated carbocycles. The van der Waals surface area contributed by atoms with Gasteiger partial charge in [-0.2, -0.15) is 0 Å². The van der Waals surface area contributed by atoms with Gasteiger partial charge in [-0.3, -0.25) is 9.88 Å². The first-order chi connectivity index (χ1) is 10.3. The number of aromatic nitrogens is 2. The topological polar surface area (TPSA) is 55.0 Å². The third kappa shape index (κ3) is 3.87. The van der Waals surface area contributed by atoms with Gasteiger partial charge in [-0.25, -0.2) is 4.98 Å². The summed E-state index contributed by atoms with van der Waals surface area (Å²) in [6.45, 7) is 4.09. The van der Waals surface area contributed by atoms with Crippen LogP contribution in [0, 0.1) is 5.92 Å². The zero-order valence-electron chi connectivity index (χ0n) is 12.2. The predicted molar refractivity (Wildman–Crippen MR) is 87.0 cm³/mol. The van der Waals surface area contributed by atoms with E-state index >= 15 is 0 Å². The van der Waals surface area contributed by atoms with E-state index in [1.165, 1.54) is 19.4 Å². The monoisotopic (exact) mass is 302 g/mol. The highest BCUT2D eigenvalue weighted by atomic mass is 32.1. The van der Waals surface area contributed by atoms with E-state index in [1.54, 1.807) is 11.3 Å². The van der Waals surface area contributed by atoms with Gasteiger partial charge in [-0.1, -0.05) is 6.07 Å². The molecule has 1 unspecified atom stereocenters. The molecule has 2 aromatic rings. The molecule has 3 heterocycles. The van der Waals surface area contributed by atoms with Gasteiger partial charge >= 0.3 is 0 Å². The number of hydrogen-bond acceptors (Lipinski definition) is 5. The molecule has 1 aliphatic rings. The fourth-order valence-corrected chi connectivity index (χ4v) is 3.77. The summed E-state index contributed by atoms with van der Waals surface area (Å²) in [7, 11) is 0. The van der Waals surface area contributed by atoms with Crippen LogP contribution in [0.15, 0.2) is 29.8 Å². The Morgan fingerprint density at radius 1 is 1.38 bits per heavy atom. The lowest BCUT2D eigenvalue weighted by Crippen LogP contribution is -2.35. The van der Waals surface area contributed by atoms with E-state index in [-0.39, 0.29) is 0 Å². The highest BCUT2D eigenvalue weighted by molar-refractivity contribution is 7.13. The molecule has 0 aliphatic carbocycles. The first-order valence-electron chi connectivity index (χ1n) is 7.63. The lowest BCUT2D eigenvalue weighted by atomic mass is 9.95. The summed E-state index contributed by atoms with van der Waals surface area (Å²) in [5, 5.41) is 3.18. The minimum atomic E-state index is 0.762. The maximum Gasteiger partial charge on any atom is 0.142 e. The first kappa shape index (κ1) is 14.6. The number of hydrogen-bond donors (Lipinski definition) is 1. The molecule has 112 valence electrons. The van der Waals surface area contributed by atoms with Gasteiger partial charge in [-0.05, 0) is 50.4 Å². The van der Waals surface area contributed by atoms with E-state index in [0.29, 0.717) is 0 Å². The molecule has 2 aromatic heterocycles. The minimum Gasteiger partial charge on any atom is -0.330 e. The number of rotatable bonds is 5. The lowest BCUT2D eigenvalue weighted by molar-refractivity contribution is 0.162. The molecular formula is C16H22N4S. The van der Waals surface area contributed by atoms with Crippen LogP contribution in [0.1, 0.15) is 25.0 Å². The van der Waals surface area contributed by atoms with Crippen LogP contribution in [0.2, 0.25) is 0 Å². The number of pyridine rings is 1. The summed E-state index contributed by atoms with van der Waals surface area (Å²) in [4.78, 5) is 11.6. The molecule has 0 radical (unpaired) electrons. The Labute approximate surface area is 130 Å². The highest BCUT2D eigenvalue weighted by Gasteiger charge is 2.20. The quantitative estimate of drug-likeness (QED) is 0.922. The van der Waals surface area contributed by atoms with Crippen LogP contribution in [-0.4, -0.2) is 34.5 Å². The average molecular weight is 302 g/mol. The number of thiazole rings is 1. The third-order valence-electron chi connectivity index (χ3n) is 4.00. The smallest absolute Gasteiger partial charge is 0.142 e. The van der Waals surface area contributed by atoms with Crippen LogP contribution >= 0.6 is 11.3 Å². The van der Waals surface area contributed by atoms with Crippen molar-refractivity contribution in [2.24, 2.45) is 11.7 Å². The van der Waals surface area contributed by atoms with E-state index in [0.717, 1.165) is 48.4 Å². The van der Waals surface area contributed by atoms with Crippen molar-refractivity contribution in [3.63, 3.8) is 0 Å². The molecule has 4 nitrogen and oxygen atoms in total. The molecule has 0 aromatic carbocycles. The number of nitrogens with two attached hydrogens (primary N) is 1. The molecule has 1 aliphatic heterocycles. The Hall–Kier alpha value is -1.30. The number of likely N-dealkylation sites (tertiary alicyclic amines) is 1. The minimum absolute atomic E-state index is 0.762. The van der Waals surface area contributed by atoms with Crippen molar-refractivity contribution in [3.8, 4) is 10.7 Å². The molecule has 5 heteroatoms. The molecule has 2 N–H and O–H groups in total. The molecule has 1 atom stereocenters. The Bertz CT molecular complexity index is 552. The van der Waals surface area contributed by atoms with Crippen molar-refractivity contribution >= 4 is 11.3 Å². The van der Waals surface area contributed by atoms with Crippen LogP contribution in [0.5, 0.6) is 0 Å². The molecule has 0 bridgehead atoms. The second kappa shape index (κ2) is 7.11. The Morgan fingerprint density at radius 3 is 3.14 bits per heavy atom. The second-order valence-electron chi connectivity index (χ2n) is 5.68. The van der Waals surface area contributed by atoms with Gasteiger partial charge in [0.05, 0.1) is 11.4 Å². The van der Waals surface area contributed by atoms with E-state index in [2.05, 4.69) is 15.3 Å². The van der Waals surface area contributed by atoms with Crippen LogP contribution in [0.25, 0.3) is 10.7 Å². The fraction of sp³-hybridized carbons (Fsp3) is 0.500. The Morgan fingerprint density at radius 2 is 2.33 bits per heavy atom. The van der Waals surface area contributed by atoms with E-state index < -0.39 is 0 Å². The van der Waals surface area contributed by atoms with Gasteiger partial charge in [0.2, 0.25) is 0 Å². The van der Waals surface area contributed by atoms with Crippen LogP contribution in [0.3, 0.4) is 0 Å². The first-order valence-corrected chi connectivity index (χ1v) is 8.51. The molecule has 3 rings (SSSR count). The summed E-state index contributed by atoms with van der Waals surface area (Å²) >= 11 is 1.68. The summed E-state index contributed by atoms with van der Waals surface area (Å²) in [5.41, 5.74) is 7.82. The van der Waals surface area contributed by atoms with Gasteiger partial charge in [0, 0.05) is 24.7 Å². The summed E-state index contributed by atoms with van der Waals surface area (Å²) in [6, 6.07) is 5.95. The number of nitrogens with zero attached hydrogens (tertiary/aromatic N) is 3. The molecule has 1 saturated heterocycles.